The fourth-order valence-corrected chi connectivity index (χ4v) is 4.17. The van der Waals surface area contributed by atoms with Gasteiger partial charge in [0.05, 0.1) is 13.0 Å². The van der Waals surface area contributed by atoms with Crippen LogP contribution < -0.4 is 5.32 Å². The summed E-state index contributed by atoms with van der Waals surface area (Å²) in [5.74, 6) is -1.23. The molecule has 1 atom stereocenters. The van der Waals surface area contributed by atoms with Crippen molar-refractivity contribution in [3.05, 3.63) is 33.8 Å². The number of unbranched alkanes of at least 4 members (excludes halogenated alkanes) is 7. The van der Waals surface area contributed by atoms with Crippen LogP contribution in [0.2, 0.25) is 10.0 Å². The first-order valence-corrected chi connectivity index (χ1v) is 11.9. The van der Waals surface area contributed by atoms with Gasteiger partial charge in [0.25, 0.3) is 5.91 Å². The third kappa shape index (κ3) is 8.69. The number of nitrogens with one attached hydrogen (secondary N) is 1. The van der Waals surface area contributed by atoms with Crippen LogP contribution >= 0.6 is 23.2 Å². The molecule has 1 fully saturated rings. The molecule has 31 heavy (non-hydrogen) atoms. The second-order valence-electron chi connectivity index (χ2n) is 7.86. The van der Waals surface area contributed by atoms with Gasteiger partial charge in [0, 0.05) is 28.7 Å². The molecule has 1 unspecified atom stereocenters. The molecule has 1 aliphatic rings. The van der Waals surface area contributed by atoms with E-state index in [1.54, 1.807) is 0 Å². The standard InChI is InChI=1S/C23H32Cl2N2O4/c1-2-3-4-5-6-7-8-9-12-31-21(28)16-20-22(29)26-10-11-27(20)23(30)17-13-18(24)15-19(25)14-17/h13-15,20H,2-12,16H2,1H3,(H,26,29). The molecule has 1 aliphatic heterocycles. The van der Waals surface area contributed by atoms with Crippen molar-refractivity contribution >= 4 is 41.0 Å². The number of benzene rings is 1. The van der Waals surface area contributed by atoms with E-state index in [4.69, 9.17) is 27.9 Å². The molecule has 0 spiro atoms. The minimum atomic E-state index is -0.912. The lowest BCUT2D eigenvalue weighted by molar-refractivity contribution is -0.147. The number of piperazine rings is 1. The van der Waals surface area contributed by atoms with Crippen LogP contribution in [0.5, 0.6) is 0 Å². The molecule has 0 saturated carbocycles. The van der Waals surface area contributed by atoms with Crippen LogP contribution in [0.1, 0.15) is 75.1 Å². The quantitative estimate of drug-likeness (QED) is 0.344. The molecule has 2 amide bonds. The zero-order chi connectivity index (χ0) is 22.6. The number of hydrogen-bond acceptors (Lipinski definition) is 4. The Kier molecular flexibility index (Phi) is 11.2. The van der Waals surface area contributed by atoms with Crippen molar-refractivity contribution in [2.75, 3.05) is 19.7 Å². The molecule has 1 heterocycles. The third-order valence-corrected chi connectivity index (χ3v) is 5.76. The Morgan fingerprint density at radius 2 is 1.65 bits per heavy atom. The van der Waals surface area contributed by atoms with E-state index in [-0.39, 0.29) is 23.8 Å². The molecule has 0 bridgehead atoms. The number of halogens is 2. The highest BCUT2D eigenvalue weighted by atomic mass is 35.5. The summed E-state index contributed by atoms with van der Waals surface area (Å²) in [6.45, 7) is 3.15. The van der Waals surface area contributed by atoms with Gasteiger partial charge in [0.2, 0.25) is 5.91 Å². The van der Waals surface area contributed by atoms with Gasteiger partial charge >= 0.3 is 5.97 Å². The van der Waals surface area contributed by atoms with Gasteiger partial charge in [0.1, 0.15) is 6.04 Å². The van der Waals surface area contributed by atoms with Crippen molar-refractivity contribution in [2.45, 2.75) is 70.8 Å². The lowest BCUT2D eigenvalue weighted by Crippen LogP contribution is -2.57. The van der Waals surface area contributed by atoms with E-state index in [9.17, 15) is 14.4 Å². The monoisotopic (exact) mass is 470 g/mol. The second kappa shape index (κ2) is 13.6. The molecular formula is C23H32Cl2N2O4. The van der Waals surface area contributed by atoms with Gasteiger partial charge in [-0.05, 0) is 24.6 Å². The van der Waals surface area contributed by atoms with Crippen molar-refractivity contribution < 1.29 is 19.1 Å². The molecule has 1 aromatic carbocycles. The van der Waals surface area contributed by atoms with Crippen molar-refractivity contribution in [1.82, 2.24) is 10.2 Å². The third-order valence-electron chi connectivity index (χ3n) is 5.32. The molecule has 0 radical (unpaired) electrons. The van der Waals surface area contributed by atoms with Gasteiger partial charge in [-0.2, -0.15) is 0 Å². The maximum atomic E-state index is 12.9. The minimum absolute atomic E-state index is 0.178. The summed E-state index contributed by atoms with van der Waals surface area (Å²) >= 11 is 12.0. The Morgan fingerprint density at radius 1 is 1.03 bits per heavy atom. The van der Waals surface area contributed by atoms with Crippen molar-refractivity contribution in [1.29, 1.82) is 0 Å². The lowest BCUT2D eigenvalue weighted by atomic mass is 10.1. The molecule has 8 heteroatoms. The fourth-order valence-electron chi connectivity index (χ4n) is 3.64. The van der Waals surface area contributed by atoms with Crippen LogP contribution in [0.15, 0.2) is 18.2 Å². The maximum Gasteiger partial charge on any atom is 0.308 e. The van der Waals surface area contributed by atoms with E-state index in [1.807, 2.05) is 0 Å². The molecule has 6 nitrogen and oxygen atoms in total. The van der Waals surface area contributed by atoms with Crippen LogP contribution in [0, 0.1) is 0 Å². The van der Waals surface area contributed by atoms with Crippen LogP contribution in [-0.2, 0) is 14.3 Å². The van der Waals surface area contributed by atoms with Gasteiger partial charge < -0.3 is 15.0 Å². The number of ether oxygens (including phenoxy) is 1. The molecule has 1 aromatic rings. The van der Waals surface area contributed by atoms with Crippen LogP contribution in [0.25, 0.3) is 0 Å². The Morgan fingerprint density at radius 3 is 2.29 bits per heavy atom. The smallest absolute Gasteiger partial charge is 0.308 e. The zero-order valence-corrected chi connectivity index (χ0v) is 19.6. The summed E-state index contributed by atoms with van der Waals surface area (Å²) in [5.41, 5.74) is 0.282. The average Bonchev–Trinajstić information content (AvgIpc) is 2.73. The Balaban J connectivity index is 1.81. The second-order valence-corrected chi connectivity index (χ2v) is 8.74. The van der Waals surface area contributed by atoms with Gasteiger partial charge in [-0.15, -0.1) is 0 Å². The lowest BCUT2D eigenvalue weighted by Gasteiger charge is -2.34. The summed E-state index contributed by atoms with van der Waals surface area (Å²) in [4.78, 5) is 39.0. The van der Waals surface area contributed by atoms with Crippen LogP contribution in [0.4, 0.5) is 0 Å². The number of esters is 1. The van der Waals surface area contributed by atoms with Gasteiger partial charge in [-0.25, -0.2) is 0 Å². The predicted molar refractivity (Wildman–Crippen MR) is 122 cm³/mol. The molecular weight excluding hydrogens is 439 g/mol. The number of carbonyl (C=O) groups is 3. The molecule has 172 valence electrons. The number of hydrogen-bond donors (Lipinski definition) is 1. The first kappa shape index (κ1) is 25.5. The molecule has 1 saturated heterocycles. The first-order valence-electron chi connectivity index (χ1n) is 11.1. The van der Waals surface area contributed by atoms with E-state index in [0.29, 0.717) is 29.7 Å². The number of carbonyl (C=O) groups excluding carboxylic acids is 3. The Hall–Kier alpha value is -1.79. The van der Waals surface area contributed by atoms with Gasteiger partial charge in [-0.1, -0.05) is 75.1 Å². The summed E-state index contributed by atoms with van der Waals surface area (Å²) in [7, 11) is 0. The molecule has 0 aliphatic carbocycles. The van der Waals surface area contributed by atoms with Gasteiger partial charge in [-0.3, -0.25) is 14.4 Å². The van der Waals surface area contributed by atoms with E-state index < -0.39 is 12.0 Å². The highest BCUT2D eigenvalue weighted by molar-refractivity contribution is 6.35. The average molecular weight is 471 g/mol. The SMILES string of the molecule is CCCCCCCCCCOC(=O)CC1C(=O)NCCN1C(=O)c1cc(Cl)cc(Cl)c1. The summed E-state index contributed by atoms with van der Waals surface area (Å²) in [5, 5.41) is 3.37. The topological polar surface area (TPSA) is 75.7 Å². The number of rotatable bonds is 12. The van der Waals surface area contributed by atoms with Crippen molar-refractivity contribution in [3.8, 4) is 0 Å². The normalized spacial score (nSPS) is 16.2. The van der Waals surface area contributed by atoms with E-state index >= 15 is 0 Å². The first-order chi connectivity index (χ1) is 14.9. The predicted octanol–water partition coefficient (Wildman–Crippen LogP) is 5.01. The van der Waals surface area contributed by atoms with Crippen molar-refractivity contribution in [3.63, 3.8) is 0 Å². The highest BCUT2D eigenvalue weighted by Crippen LogP contribution is 2.22. The Labute approximate surface area is 194 Å². The van der Waals surface area contributed by atoms with E-state index in [2.05, 4.69) is 12.2 Å². The Bertz CT molecular complexity index is 737. The molecule has 0 aromatic heterocycles. The minimum Gasteiger partial charge on any atom is -0.466 e. The number of amides is 2. The summed E-state index contributed by atoms with van der Waals surface area (Å²) in [6, 6.07) is 3.62. The largest absolute Gasteiger partial charge is 0.466 e. The molecule has 2 rings (SSSR count). The van der Waals surface area contributed by atoms with Crippen LogP contribution in [-0.4, -0.2) is 48.4 Å². The zero-order valence-electron chi connectivity index (χ0n) is 18.1. The van der Waals surface area contributed by atoms with Gasteiger partial charge in [0.15, 0.2) is 0 Å². The summed E-state index contributed by atoms with van der Waals surface area (Å²) < 4.78 is 5.31. The fraction of sp³-hybridized carbons (Fsp3) is 0.609. The van der Waals surface area contributed by atoms with E-state index in [0.717, 1.165) is 19.3 Å². The summed E-state index contributed by atoms with van der Waals surface area (Å²) in [6.07, 6.45) is 9.06. The molecule has 1 N–H and O–H groups in total. The number of nitrogens with zero attached hydrogens (tertiary/aromatic N) is 1. The maximum absolute atomic E-state index is 12.9. The van der Waals surface area contributed by atoms with E-state index in [1.165, 1.54) is 55.2 Å². The van der Waals surface area contributed by atoms with Crippen LogP contribution in [0.3, 0.4) is 0 Å². The highest BCUT2D eigenvalue weighted by Gasteiger charge is 2.35. The van der Waals surface area contributed by atoms with Crippen molar-refractivity contribution in [2.24, 2.45) is 0 Å².